The number of aromatic nitrogens is 1. The first kappa shape index (κ1) is 16.0. The normalized spacial score (nSPS) is 12.2. The molecule has 0 aliphatic rings. The van der Waals surface area contributed by atoms with E-state index in [1.807, 2.05) is 43.1 Å². The number of ether oxygens (including phenoxy) is 1. The van der Waals surface area contributed by atoms with Gasteiger partial charge < -0.3 is 14.6 Å². The first-order valence-corrected chi connectivity index (χ1v) is 7.07. The summed E-state index contributed by atoms with van der Waals surface area (Å²) in [4.78, 5) is 14.0. The van der Waals surface area contributed by atoms with Crippen LogP contribution in [-0.2, 0) is 4.79 Å². The van der Waals surface area contributed by atoms with Crippen molar-refractivity contribution in [3.8, 4) is 5.75 Å². The molecule has 22 heavy (non-hydrogen) atoms. The third kappa shape index (κ3) is 3.85. The number of amides is 1. The Morgan fingerprint density at radius 3 is 2.82 bits per heavy atom. The number of carbonyl (C=O) groups excluding carboxylic acids is 1. The number of rotatable bonds is 6. The minimum Gasteiger partial charge on any atom is -0.496 e. The Kier molecular flexibility index (Phi) is 5.16. The Morgan fingerprint density at radius 1 is 1.45 bits per heavy atom. The Bertz CT molecular complexity index is 639. The lowest BCUT2D eigenvalue weighted by molar-refractivity contribution is -0.117. The van der Waals surface area contributed by atoms with Crippen molar-refractivity contribution < 1.29 is 14.1 Å². The van der Waals surface area contributed by atoms with Crippen LogP contribution in [0.15, 0.2) is 34.9 Å². The van der Waals surface area contributed by atoms with E-state index in [9.17, 15) is 4.79 Å². The van der Waals surface area contributed by atoms with Crippen molar-refractivity contribution in [3.63, 3.8) is 0 Å². The van der Waals surface area contributed by atoms with E-state index in [0.29, 0.717) is 11.6 Å². The largest absolute Gasteiger partial charge is 0.496 e. The molecule has 1 heterocycles. The summed E-state index contributed by atoms with van der Waals surface area (Å²) in [5.74, 6) is 1.76. The van der Waals surface area contributed by atoms with Crippen LogP contribution in [0.5, 0.6) is 5.75 Å². The Balaban J connectivity index is 1.98. The molecule has 0 saturated heterocycles. The van der Waals surface area contributed by atoms with Gasteiger partial charge in [0.2, 0.25) is 5.91 Å². The maximum atomic E-state index is 12.1. The summed E-state index contributed by atoms with van der Waals surface area (Å²) >= 11 is 0. The number of nitrogens with one attached hydrogen (secondary N) is 1. The first-order valence-electron chi connectivity index (χ1n) is 7.07. The van der Waals surface area contributed by atoms with Crippen molar-refractivity contribution >= 4 is 11.7 Å². The van der Waals surface area contributed by atoms with Gasteiger partial charge in [-0.2, -0.15) is 0 Å². The minimum atomic E-state index is -0.141. The van der Waals surface area contributed by atoms with E-state index < -0.39 is 0 Å². The molecule has 1 unspecified atom stereocenters. The second-order valence-electron chi connectivity index (χ2n) is 5.20. The van der Waals surface area contributed by atoms with E-state index >= 15 is 0 Å². The predicted octanol–water partition coefficient (Wildman–Crippen LogP) is 2.62. The molecule has 6 heteroatoms. The molecule has 1 N–H and O–H groups in total. The van der Waals surface area contributed by atoms with Crippen molar-refractivity contribution in [2.24, 2.45) is 0 Å². The second-order valence-corrected chi connectivity index (χ2v) is 5.20. The molecule has 2 aromatic rings. The van der Waals surface area contributed by atoms with Crippen molar-refractivity contribution in [2.45, 2.75) is 19.9 Å². The monoisotopic (exact) mass is 303 g/mol. The number of para-hydroxylation sites is 1. The smallest absolute Gasteiger partial charge is 0.239 e. The summed E-state index contributed by atoms with van der Waals surface area (Å²) in [6.07, 6.45) is 0. The van der Waals surface area contributed by atoms with Gasteiger partial charge in [0.25, 0.3) is 0 Å². The fraction of sp³-hybridized carbons (Fsp3) is 0.375. The molecule has 1 atom stereocenters. The van der Waals surface area contributed by atoms with Crippen molar-refractivity contribution in [1.29, 1.82) is 0 Å². The van der Waals surface area contributed by atoms with E-state index in [1.54, 1.807) is 20.1 Å². The molecule has 0 radical (unpaired) electrons. The van der Waals surface area contributed by atoms with Gasteiger partial charge >= 0.3 is 0 Å². The molecule has 1 aromatic carbocycles. The van der Waals surface area contributed by atoms with Gasteiger partial charge in [-0.1, -0.05) is 23.4 Å². The average Bonchev–Trinajstić information content (AvgIpc) is 2.91. The van der Waals surface area contributed by atoms with Gasteiger partial charge in [0, 0.05) is 17.7 Å². The summed E-state index contributed by atoms with van der Waals surface area (Å²) in [6.45, 7) is 4.05. The number of benzene rings is 1. The summed E-state index contributed by atoms with van der Waals surface area (Å²) in [7, 11) is 3.54. The number of hydrogen-bond donors (Lipinski definition) is 1. The Labute approximate surface area is 130 Å². The van der Waals surface area contributed by atoms with Crippen LogP contribution in [0.4, 0.5) is 5.82 Å². The Hall–Kier alpha value is -2.34. The molecular weight excluding hydrogens is 282 g/mol. The maximum Gasteiger partial charge on any atom is 0.239 e. The zero-order valence-electron chi connectivity index (χ0n) is 13.3. The van der Waals surface area contributed by atoms with Crippen LogP contribution in [-0.4, -0.2) is 36.7 Å². The summed E-state index contributed by atoms with van der Waals surface area (Å²) in [6, 6.07) is 9.52. The highest BCUT2D eigenvalue weighted by molar-refractivity contribution is 5.91. The highest BCUT2D eigenvalue weighted by atomic mass is 16.5. The van der Waals surface area contributed by atoms with Crippen LogP contribution >= 0.6 is 0 Å². The predicted molar refractivity (Wildman–Crippen MR) is 83.9 cm³/mol. The van der Waals surface area contributed by atoms with E-state index in [-0.39, 0.29) is 18.5 Å². The van der Waals surface area contributed by atoms with Crippen molar-refractivity contribution in [3.05, 3.63) is 41.7 Å². The van der Waals surface area contributed by atoms with Gasteiger partial charge in [0.05, 0.1) is 13.7 Å². The number of anilines is 1. The third-order valence-electron chi connectivity index (χ3n) is 3.54. The highest BCUT2D eigenvalue weighted by Gasteiger charge is 2.18. The number of aryl methyl sites for hydroxylation is 1. The quantitative estimate of drug-likeness (QED) is 0.888. The molecule has 0 aliphatic heterocycles. The van der Waals surface area contributed by atoms with Crippen LogP contribution in [0, 0.1) is 6.92 Å². The molecule has 1 amide bonds. The van der Waals surface area contributed by atoms with E-state index in [2.05, 4.69) is 10.5 Å². The molecule has 6 nitrogen and oxygen atoms in total. The van der Waals surface area contributed by atoms with Gasteiger partial charge in [0.15, 0.2) is 5.82 Å². The number of methoxy groups -OCH3 is 1. The van der Waals surface area contributed by atoms with Crippen LogP contribution in [0.3, 0.4) is 0 Å². The van der Waals surface area contributed by atoms with Crippen molar-refractivity contribution in [1.82, 2.24) is 10.1 Å². The van der Waals surface area contributed by atoms with Crippen LogP contribution in [0.25, 0.3) is 0 Å². The zero-order valence-corrected chi connectivity index (χ0v) is 13.3. The van der Waals surface area contributed by atoms with Crippen LogP contribution in [0.2, 0.25) is 0 Å². The maximum absolute atomic E-state index is 12.1. The number of carbonyl (C=O) groups is 1. The van der Waals surface area contributed by atoms with E-state index in [1.165, 1.54) is 0 Å². The van der Waals surface area contributed by atoms with Crippen molar-refractivity contribution in [2.75, 3.05) is 26.0 Å². The van der Waals surface area contributed by atoms with Gasteiger partial charge in [-0.25, -0.2) is 0 Å². The Morgan fingerprint density at radius 2 is 2.18 bits per heavy atom. The molecular formula is C16H21N3O3. The summed E-state index contributed by atoms with van der Waals surface area (Å²) in [5.41, 5.74) is 1.04. The lowest BCUT2D eigenvalue weighted by Gasteiger charge is -2.25. The van der Waals surface area contributed by atoms with Gasteiger partial charge in [0.1, 0.15) is 11.5 Å². The van der Waals surface area contributed by atoms with Gasteiger partial charge in [-0.15, -0.1) is 0 Å². The van der Waals surface area contributed by atoms with Crippen LogP contribution < -0.4 is 10.1 Å². The average molecular weight is 303 g/mol. The first-order chi connectivity index (χ1) is 10.5. The van der Waals surface area contributed by atoms with Crippen LogP contribution in [0.1, 0.15) is 24.3 Å². The van der Waals surface area contributed by atoms with E-state index in [0.717, 1.165) is 11.3 Å². The summed E-state index contributed by atoms with van der Waals surface area (Å²) < 4.78 is 10.3. The topological polar surface area (TPSA) is 67.6 Å². The third-order valence-corrected chi connectivity index (χ3v) is 3.54. The second kappa shape index (κ2) is 7.09. The standard InChI is InChI=1S/C16H21N3O3/c1-11-9-15(18-22-11)17-16(20)10-19(3)12(2)13-7-5-6-8-14(13)21-4/h5-9,12H,10H2,1-4H3,(H,17,18,20). The van der Waals surface area contributed by atoms with E-state index in [4.69, 9.17) is 9.26 Å². The lowest BCUT2D eigenvalue weighted by Crippen LogP contribution is -2.32. The highest BCUT2D eigenvalue weighted by Crippen LogP contribution is 2.27. The SMILES string of the molecule is COc1ccccc1C(C)N(C)CC(=O)Nc1cc(C)on1. The number of hydrogen-bond acceptors (Lipinski definition) is 5. The zero-order chi connectivity index (χ0) is 16.1. The molecule has 0 saturated carbocycles. The summed E-state index contributed by atoms with van der Waals surface area (Å²) in [5, 5.41) is 6.46. The molecule has 2 rings (SSSR count). The molecule has 0 bridgehead atoms. The molecule has 118 valence electrons. The fourth-order valence-corrected chi connectivity index (χ4v) is 2.22. The number of likely N-dealkylation sites (N-methyl/N-ethyl adjacent to an activating group) is 1. The minimum absolute atomic E-state index is 0.0425. The van der Waals surface area contributed by atoms with Gasteiger partial charge in [-0.3, -0.25) is 9.69 Å². The lowest BCUT2D eigenvalue weighted by atomic mass is 10.1. The molecule has 0 spiro atoms. The molecule has 0 fully saturated rings. The number of nitrogens with zero attached hydrogens (tertiary/aromatic N) is 2. The fourth-order valence-electron chi connectivity index (χ4n) is 2.22. The molecule has 0 aliphatic carbocycles. The van der Waals surface area contributed by atoms with Gasteiger partial charge in [-0.05, 0) is 27.0 Å². The molecule has 1 aromatic heterocycles.